The van der Waals surface area contributed by atoms with Gasteiger partial charge in [-0.25, -0.2) is 0 Å². The Kier molecular flexibility index (Phi) is 5.26. The van der Waals surface area contributed by atoms with E-state index in [-0.39, 0.29) is 0 Å². The molecule has 0 amide bonds. The zero-order valence-corrected chi connectivity index (χ0v) is 14.1. The molecule has 4 heteroatoms. The number of halogens is 1. The molecule has 2 aromatic rings. The van der Waals surface area contributed by atoms with E-state index in [1.54, 1.807) is 14.0 Å². The summed E-state index contributed by atoms with van der Waals surface area (Å²) < 4.78 is 6.36. The second-order valence-corrected chi connectivity index (χ2v) is 5.91. The Bertz CT molecular complexity index is 613. The Labute approximate surface area is 134 Å². The molecule has 112 valence electrons. The first-order valence-electron chi connectivity index (χ1n) is 6.83. The first-order valence-corrected chi connectivity index (χ1v) is 7.62. The van der Waals surface area contributed by atoms with Crippen LogP contribution in [0.5, 0.6) is 5.75 Å². The number of aliphatic hydroxyl groups excluding tert-OH is 1. The molecule has 3 nitrogen and oxygen atoms in total. The highest BCUT2D eigenvalue weighted by Gasteiger charge is 2.11. The van der Waals surface area contributed by atoms with E-state index in [1.807, 2.05) is 43.4 Å². The van der Waals surface area contributed by atoms with Gasteiger partial charge < -0.3 is 14.7 Å². The van der Waals surface area contributed by atoms with E-state index in [1.165, 1.54) is 0 Å². The van der Waals surface area contributed by atoms with Crippen molar-refractivity contribution in [2.45, 2.75) is 19.6 Å². The lowest BCUT2D eigenvalue weighted by atomic mass is 10.1. The largest absolute Gasteiger partial charge is 0.496 e. The molecule has 1 N–H and O–H groups in total. The van der Waals surface area contributed by atoms with Crippen molar-refractivity contribution in [3.8, 4) is 5.75 Å². The van der Waals surface area contributed by atoms with Gasteiger partial charge in [0, 0.05) is 23.6 Å². The summed E-state index contributed by atoms with van der Waals surface area (Å²) in [7, 11) is 3.72. The predicted molar refractivity (Wildman–Crippen MR) is 89.9 cm³/mol. The van der Waals surface area contributed by atoms with Gasteiger partial charge in [0.05, 0.1) is 18.9 Å². The summed E-state index contributed by atoms with van der Waals surface area (Å²) >= 11 is 3.58. The van der Waals surface area contributed by atoms with Crippen molar-refractivity contribution in [1.29, 1.82) is 0 Å². The zero-order valence-electron chi connectivity index (χ0n) is 12.5. The number of rotatable bonds is 5. The number of aliphatic hydroxyl groups is 1. The average molecular weight is 350 g/mol. The maximum absolute atomic E-state index is 9.63. The number of para-hydroxylation sites is 1. The fraction of sp³-hybridized carbons (Fsp3) is 0.294. The highest BCUT2D eigenvalue weighted by molar-refractivity contribution is 9.10. The van der Waals surface area contributed by atoms with Gasteiger partial charge in [-0.15, -0.1) is 0 Å². The number of benzene rings is 2. The van der Waals surface area contributed by atoms with Crippen molar-refractivity contribution < 1.29 is 9.84 Å². The van der Waals surface area contributed by atoms with Crippen molar-refractivity contribution in [1.82, 2.24) is 0 Å². The molecular formula is C17H20BrNO2. The smallest absolute Gasteiger partial charge is 0.123 e. The quantitative estimate of drug-likeness (QED) is 0.880. The molecule has 2 rings (SSSR count). The first kappa shape index (κ1) is 15.9. The minimum atomic E-state index is -0.463. The van der Waals surface area contributed by atoms with Crippen LogP contribution in [0.15, 0.2) is 46.9 Å². The van der Waals surface area contributed by atoms with Gasteiger partial charge in [0.2, 0.25) is 0 Å². The Hall–Kier alpha value is -1.52. The van der Waals surface area contributed by atoms with Crippen LogP contribution in [0.25, 0.3) is 0 Å². The van der Waals surface area contributed by atoms with Gasteiger partial charge >= 0.3 is 0 Å². The van der Waals surface area contributed by atoms with Gasteiger partial charge in [-0.3, -0.25) is 0 Å². The van der Waals surface area contributed by atoms with Gasteiger partial charge in [-0.05, 0) is 46.6 Å². The molecule has 0 aliphatic heterocycles. The summed E-state index contributed by atoms with van der Waals surface area (Å²) in [5, 5.41) is 9.63. The molecule has 0 aliphatic rings. The van der Waals surface area contributed by atoms with Crippen molar-refractivity contribution >= 4 is 21.6 Å². The number of hydrogen-bond acceptors (Lipinski definition) is 3. The van der Waals surface area contributed by atoms with Gasteiger partial charge in [0.1, 0.15) is 5.75 Å². The molecule has 0 saturated heterocycles. The van der Waals surface area contributed by atoms with Crippen molar-refractivity contribution in [2.75, 3.05) is 19.1 Å². The fourth-order valence-electron chi connectivity index (χ4n) is 2.27. The van der Waals surface area contributed by atoms with Crippen LogP contribution in [0.1, 0.15) is 24.2 Å². The lowest BCUT2D eigenvalue weighted by Gasteiger charge is -2.22. The monoisotopic (exact) mass is 349 g/mol. The molecule has 0 saturated carbocycles. The predicted octanol–water partition coefficient (Wildman–Crippen LogP) is 4.15. The molecule has 21 heavy (non-hydrogen) atoms. The molecule has 2 aromatic carbocycles. The van der Waals surface area contributed by atoms with E-state index in [0.717, 1.165) is 33.6 Å². The SMILES string of the molecule is COc1ccccc1CN(C)c1ccc(C(C)O)cc1Br. The first-order chi connectivity index (χ1) is 10.0. The van der Waals surface area contributed by atoms with Gasteiger partial charge in [-0.2, -0.15) is 0 Å². The summed E-state index contributed by atoms with van der Waals surface area (Å²) in [4.78, 5) is 2.15. The van der Waals surface area contributed by atoms with E-state index in [0.29, 0.717) is 0 Å². The molecular weight excluding hydrogens is 330 g/mol. The van der Waals surface area contributed by atoms with Gasteiger partial charge in [-0.1, -0.05) is 24.3 Å². The fourth-order valence-corrected chi connectivity index (χ4v) is 2.97. The Morgan fingerprint density at radius 1 is 1.24 bits per heavy atom. The van der Waals surface area contributed by atoms with Crippen LogP contribution < -0.4 is 9.64 Å². The summed E-state index contributed by atoms with van der Waals surface area (Å²) in [6.45, 7) is 2.51. The number of hydrogen-bond donors (Lipinski definition) is 1. The minimum Gasteiger partial charge on any atom is -0.496 e. The Morgan fingerprint density at radius 3 is 2.57 bits per heavy atom. The van der Waals surface area contributed by atoms with Crippen LogP contribution in [-0.2, 0) is 6.54 Å². The van der Waals surface area contributed by atoms with E-state index in [9.17, 15) is 5.11 Å². The number of nitrogens with zero attached hydrogens (tertiary/aromatic N) is 1. The summed E-state index contributed by atoms with van der Waals surface area (Å²) in [5.41, 5.74) is 3.11. The number of methoxy groups -OCH3 is 1. The minimum absolute atomic E-state index is 0.463. The van der Waals surface area contributed by atoms with E-state index >= 15 is 0 Å². The summed E-state index contributed by atoms with van der Waals surface area (Å²) in [6.07, 6.45) is -0.463. The van der Waals surface area contributed by atoms with Crippen molar-refractivity contribution in [2.24, 2.45) is 0 Å². The standard InChI is InChI=1S/C17H20BrNO2/c1-12(20)13-8-9-16(15(18)10-13)19(2)11-14-6-4-5-7-17(14)21-3/h4-10,12,20H,11H2,1-3H3. The molecule has 0 spiro atoms. The maximum Gasteiger partial charge on any atom is 0.123 e. The van der Waals surface area contributed by atoms with Crippen LogP contribution in [0, 0.1) is 0 Å². The number of ether oxygens (including phenoxy) is 1. The highest BCUT2D eigenvalue weighted by Crippen LogP contribution is 2.30. The lowest BCUT2D eigenvalue weighted by Crippen LogP contribution is -2.17. The maximum atomic E-state index is 9.63. The molecule has 1 unspecified atom stereocenters. The van der Waals surface area contributed by atoms with Crippen LogP contribution in [0.2, 0.25) is 0 Å². The van der Waals surface area contributed by atoms with Gasteiger partial charge in [0.25, 0.3) is 0 Å². The van der Waals surface area contributed by atoms with Crippen LogP contribution in [0.3, 0.4) is 0 Å². The molecule has 0 aliphatic carbocycles. The molecule has 0 bridgehead atoms. The van der Waals surface area contributed by atoms with Crippen LogP contribution >= 0.6 is 15.9 Å². The van der Waals surface area contributed by atoms with Gasteiger partial charge in [0.15, 0.2) is 0 Å². The third-order valence-corrected chi connectivity index (χ3v) is 4.10. The topological polar surface area (TPSA) is 32.7 Å². The summed E-state index contributed by atoms with van der Waals surface area (Å²) in [6, 6.07) is 13.9. The number of anilines is 1. The van der Waals surface area contributed by atoms with E-state index in [4.69, 9.17) is 4.74 Å². The molecule has 0 aromatic heterocycles. The van der Waals surface area contributed by atoms with E-state index < -0.39 is 6.10 Å². The second kappa shape index (κ2) is 6.96. The molecule has 0 heterocycles. The second-order valence-electron chi connectivity index (χ2n) is 5.05. The van der Waals surface area contributed by atoms with Crippen molar-refractivity contribution in [3.63, 3.8) is 0 Å². The average Bonchev–Trinajstić information content (AvgIpc) is 2.47. The summed E-state index contributed by atoms with van der Waals surface area (Å²) in [5.74, 6) is 0.890. The van der Waals surface area contributed by atoms with E-state index in [2.05, 4.69) is 26.9 Å². The van der Waals surface area contributed by atoms with Crippen LogP contribution in [-0.4, -0.2) is 19.3 Å². The highest BCUT2D eigenvalue weighted by atomic mass is 79.9. The normalized spacial score (nSPS) is 12.0. The third-order valence-electron chi connectivity index (χ3n) is 3.47. The zero-order chi connectivity index (χ0) is 15.4. The Balaban J connectivity index is 2.22. The molecule has 1 atom stereocenters. The van der Waals surface area contributed by atoms with Crippen molar-refractivity contribution in [3.05, 3.63) is 58.1 Å². The third kappa shape index (κ3) is 3.77. The Morgan fingerprint density at radius 2 is 1.95 bits per heavy atom. The lowest BCUT2D eigenvalue weighted by molar-refractivity contribution is 0.199. The molecule has 0 fully saturated rings. The molecule has 0 radical (unpaired) electrons. The van der Waals surface area contributed by atoms with Crippen LogP contribution in [0.4, 0.5) is 5.69 Å².